The van der Waals surface area contributed by atoms with Crippen molar-refractivity contribution in [2.24, 2.45) is 0 Å². The van der Waals surface area contributed by atoms with Crippen molar-refractivity contribution in [2.45, 2.75) is 8.42 Å². The lowest BCUT2D eigenvalue weighted by Crippen LogP contribution is -2.12. The van der Waals surface area contributed by atoms with Crippen LogP contribution >= 0.6 is 46.0 Å². The summed E-state index contributed by atoms with van der Waals surface area (Å²) in [5.41, 5.74) is 3.51. The number of anilines is 3. The van der Waals surface area contributed by atoms with Crippen LogP contribution in [0, 0.1) is 0 Å². The van der Waals surface area contributed by atoms with E-state index >= 15 is 0 Å². The first-order valence-corrected chi connectivity index (χ1v) is 8.67. The van der Waals surface area contributed by atoms with Gasteiger partial charge < -0.3 is 4.90 Å². The van der Waals surface area contributed by atoms with Gasteiger partial charge in [0.15, 0.2) is 0 Å². The lowest BCUT2D eigenvalue weighted by atomic mass is 10.2. The van der Waals surface area contributed by atoms with E-state index in [4.69, 9.17) is 11.6 Å². The summed E-state index contributed by atoms with van der Waals surface area (Å²) in [4.78, 5) is 2.26. The first kappa shape index (κ1) is 11.9. The Kier molecular flexibility index (Phi) is 2.84. The van der Waals surface area contributed by atoms with Crippen molar-refractivity contribution < 1.29 is 0 Å². The summed E-state index contributed by atoms with van der Waals surface area (Å²) in [6.07, 6.45) is 0. The number of halogens is 1. The highest BCUT2D eigenvalue weighted by Crippen LogP contribution is 2.56. The van der Waals surface area contributed by atoms with E-state index in [0.29, 0.717) is 0 Å². The molecule has 3 aromatic rings. The van der Waals surface area contributed by atoms with Gasteiger partial charge in [-0.25, -0.2) is 0 Å². The van der Waals surface area contributed by atoms with Crippen LogP contribution in [0.25, 0.3) is 0 Å². The van der Waals surface area contributed by atoms with E-state index in [0.717, 1.165) is 10.7 Å². The van der Waals surface area contributed by atoms with Crippen molar-refractivity contribution in [1.29, 1.82) is 0 Å². The third kappa shape index (κ3) is 1.82. The second-order valence-corrected chi connectivity index (χ2v) is 7.85. The van der Waals surface area contributed by atoms with E-state index in [1.807, 2.05) is 30.0 Å². The standard InChI is InChI=1S/C14H8ClNS3/c15-9-3-1-2-4-10(9)16-11-5-7-17-13(11)19-14-12(16)6-8-18-14/h1-8H. The fraction of sp³-hybridized carbons (Fsp3) is 0. The topological polar surface area (TPSA) is 3.24 Å². The van der Waals surface area contributed by atoms with Crippen LogP contribution in [0.1, 0.15) is 0 Å². The van der Waals surface area contributed by atoms with E-state index in [1.54, 1.807) is 22.7 Å². The van der Waals surface area contributed by atoms with Crippen LogP contribution in [0.5, 0.6) is 0 Å². The predicted molar refractivity (Wildman–Crippen MR) is 86.0 cm³/mol. The van der Waals surface area contributed by atoms with Gasteiger partial charge in [0.2, 0.25) is 0 Å². The van der Waals surface area contributed by atoms with Crippen LogP contribution in [0.2, 0.25) is 5.02 Å². The quantitative estimate of drug-likeness (QED) is 0.399. The summed E-state index contributed by atoms with van der Waals surface area (Å²) in [5.74, 6) is 0. The normalized spacial score (nSPS) is 13.2. The first-order chi connectivity index (χ1) is 9.34. The minimum absolute atomic E-state index is 0.781. The molecule has 1 aliphatic heterocycles. The smallest absolute Gasteiger partial charge is 0.0896 e. The fourth-order valence-corrected chi connectivity index (χ4v) is 5.66. The van der Waals surface area contributed by atoms with E-state index in [9.17, 15) is 0 Å². The van der Waals surface area contributed by atoms with Gasteiger partial charge in [-0.1, -0.05) is 35.5 Å². The zero-order valence-corrected chi connectivity index (χ0v) is 12.9. The SMILES string of the molecule is Clc1ccccc1N1c2ccsc2Sc2sccc21. The summed E-state index contributed by atoms with van der Waals surface area (Å²) < 4.78 is 2.66. The van der Waals surface area contributed by atoms with Crippen molar-refractivity contribution in [3.8, 4) is 0 Å². The Morgan fingerprint density at radius 1 is 0.789 bits per heavy atom. The molecule has 1 aromatic carbocycles. The Morgan fingerprint density at radius 3 is 2.05 bits per heavy atom. The average molecular weight is 322 g/mol. The van der Waals surface area contributed by atoms with E-state index < -0.39 is 0 Å². The van der Waals surface area contributed by atoms with Gasteiger partial charge in [-0.05, 0) is 35.0 Å². The average Bonchev–Trinajstić information content (AvgIpc) is 3.04. The van der Waals surface area contributed by atoms with Gasteiger partial charge in [0.25, 0.3) is 0 Å². The first-order valence-electron chi connectivity index (χ1n) is 5.72. The van der Waals surface area contributed by atoms with Gasteiger partial charge in [0, 0.05) is 0 Å². The minimum Gasteiger partial charge on any atom is -0.305 e. The molecule has 3 heterocycles. The van der Waals surface area contributed by atoms with Crippen molar-refractivity contribution in [3.63, 3.8) is 0 Å². The lowest BCUT2D eigenvalue weighted by Gasteiger charge is -2.29. The maximum Gasteiger partial charge on any atom is 0.0896 e. The van der Waals surface area contributed by atoms with Gasteiger partial charge in [0.1, 0.15) is 0 Å². The minimum atomic E-state index is 0.781. The summed E-state index contributed by atoms with van der Waals surface area (Å²) in [7, 11) is 0. The third-order valence-electron chi connectivity index (χ3n) is 2.98. The number of nitrogens with zero attached hydrogens (tertiary/aromatic N) is 1. The molecule has 0 radical (unpaired) electrons. The highest BCUT2D eigenvalue weighted by atomic mass is 35.5. The second kappa shape index (κ2) is 4.56. The molecule has 0 spiro atoms. The molecular weight excluding hydrogens is 314 g/mol. The van der Waals surface area contributed by atoms with E-state index in [-0.39, 0.29) is 0 Å². The highest BCUT2D eigenvalue weighted by molar-refractivity contribution is 8.03. The predicted octanol–water partition coefficient (Wildman–Crippen LogP) is 6.40. The monoisotopic (exact) mass is 321 g/mol. The molecule has 94 valence electrons. The summed E-state index contributed by atoms with van der Waals surface area (Å²) in [6.45, 7) is 0. The van der Waals surface area contributed by atoms with Crippen LogP contribution in [0.3, 0.4) is 0 Å². The number of benzene rings is 1. The van der Waals surface area contributed by atoms with Crippen LogP contribution in [-0.2, 0) is 0 Å². The number of rotatable bonds is 1. The molecular formula is C14H8ClNS3. The molecule has 0 N–H and O–H groups in total. The maximum atomic E-state index is 6.38. The van der Waals surface area contributed by atoms with Crippen molar-refractivity contribution in [3.05, 3.63) is 52.2 Å². The zero-order chi connectivity index (χ0) is 12.8. The van der Waals surface area contributed by atoms with Crippen LogP contribution in [0.4, 0.5) is 17.1 Å². The molecule has 19 heavy (non-hydrogen) atoms. The van der Waals surface area contributed by atoms with Crippen LogP contribution < -0.4 is 4.90 Å². The largest absolute Gasteiger partial charge is 0.305 e. The number of para-hydroxylation sites is 1. The molecule has 0 saturated heterocycles. The number of hydrogen-bond acceptors (Lipinski definition) is 4. The summed E-state index contributed by atoms with van der Waals surface area (Å²) >= 11 is 11.8. The number of hydrogen-bond donors (Lipinski definition) is 0. The van der Waals surface area contributed by atoms with Gasteiger partial charge in [-0.15, -0.1) is 22.7 Å². The molecule has 1 nitrogen and oxygen atoms in total. The maximum absolute atomic E-state index is 6.38. The third-order valence-corrected chi connectivity index (χ3v) is 6.56. The number of thiophene rings is 2. The summed E-state index contributed by atoms with van der Waals surface area (Å²) in [6, 6.07) is 12.3. The van der Waals surface area contributed by atoms with Gasteiger partial charge in [0.05, 0.1) is 30.5 Å². The Balaban J connectivity index is 1.98. The molecule has 4 rings (SSSR count). The molecule has 5 heteroatoms. The Labute approximate surface area is 128 Å². The van der Waals surface area contributed by atoms with E-state index in [1.165, 1.54) is 19.8 Å². The van der Waals surface area contributed by atoms with E-state index in [2.05, 4.69) is 33.9 Å². The molecule has 0 saturated carbocycles. The Hall–Kier alpha value is -0.940. The van der Waals surface area contributed by atoms with Gasteiger partial charge in [-0.2, -0.15) is 0 Å². The molecule has 0 amide bonds. The van der Waals surface area contributed by atoms with Gasteiger partial charge >= 0.3 is 0 Å². The van der Waals surface area contributed by atoms with Crippen LogP contribution in [0.15, 0.2) is 55.6 Å². The Morgan fingerprint density at radius 2 is 1.42 bits per heavy atom. The van der Waals surface area contributed by atoms with Crippen LogP contribution in [-0.4, -0.2) is 0 Å². The molecule has 0 atom stereocenters. The fourth-order valence-electron chi connectivity index (χ4n) is 2.17. The lowest BCUT2D eigenvalue weighted by molar-refractivity contribution is 1.23. The molecule has 0 bridgehead atoms. The molecule has 0 aliphatic carbocycles. The summed E-state index contributed by atoms with van der Waals surface area (Å²) in [5, 5.41) is 5.06. The van der Waals surface area contributed by atoms with Crippen molar-refractivity contribution in [2.75, 3.05) is 4.90 Å². The molecule has 0 fully saturated rings. The van der Waals surface area contributed by atoms with Crippen molar-refractivity contribution in [1.82, 2.24) is 0 Å². The molecule has 2 aromatic heterocycles. The Bertz CT molecular complexity index is 706. The zero-order valence-electron chi connectivity index (χ0n) is 9.67. The highest BCUT2D eigenvalue weighted by Gasteiger charge is 2.27. The number of fused-ring (bicyclic) bond motifs is 2. The second-order valence-electron chi connectivity index (χ2n) is 4.08. The van der Waals surface area contributed by atoms with Gasteiger partial charge in [-0.3, -0.25) is 0 Å². The van der Waals surface area contributed by atoms with Crippen molar-refractivity contribution >= 4 is 63.1 Å². The molecule has 0 unspecified atom stereocenters. The molecule has 1 aliphatic rings.